The number of anilines is 1. The minimum atomic E-state index is -0.119. The van der Waals surface area contributed by atoms with Gasteiger partial charge in [-0.2, -0.15) is 0 Å². The molecule has 7 heteroatoms. The standard InChI is InChI=1S/C8H12N4OS.ClH/c1-8(2)3-9-5(8)6(13)11-7-12-10-4-14-7;/h4-5,9H,3H2,1-2H3,(H,11,12,13);1H. The van der Waals surface area contributed by atoms with Gasteiger partial charge >= 0.3 is 0 Å². The van der Waals surface area contributed by atoms with Gasteiger partial charge in [0.25, 0.3) is 0 Å². The fourth-order valence-electron chi connectivity index (χ4n) is 1.47. The summed E-state index contributed by atoms with van der Waals surface area (Å²) in [6.07, 6.45) is 0. The molecule has 1 aliphatic rings. The van der Waals surface area contributed by atoms with E-state index in [0.717, 1.165) is 6.54 Å². The highest BCUT2D eigenvalue weighted by atomic mass is 35.5. The molecule has 15 heavy (non-hydrogen) atoms. The van der Waals surface area contributed by atoms with E-state index in [4.69, 9.17) is 0 Å². The van der Waals surface area contributed by atoms with Crippen LogP contribution >= 0.6 is 23.7 Å². The van der Waals surface area contributed by atoms with Crippen LogP contribution in [0.15, 0.2) is 5.51 Å². The molecule has 1 atom stereocenters. The molecule has 0 radical (unpaired) electrons. The molecule has 0 spiro atoms. The van der Waals surface area contributed by atoms with Gasteiger partial charge in [0, 0.05) is 12.0 Å². The van der Waals surface area contributed by atoms with Crippen molar-refractivity contribution in [3.63, 3.8) is 0 Å². The van der Waals surface area contributed by atoms with E-state index in [-0.39, 0.29) is 29.8 Å². The zero-order valence-corrected chi connectivity index (χ0v) is 10.1. The SMILES string of the molecule is CC1(C)CNC1C(=O)Nc1nncs1.Cl. The molecule has 2 heterocycles. The number of aromatic nitrogens is 2. The molecular weight excluding hydrogens is 236 g/mol. The second kappa shape index (κ2) is 4.42. The summed E-state index contributed by atoms with van der Waals surface area (Å²) in [5.74, 6) is -0.0296. The Balaban J connectivity index is 0.00000112. The van der Waals surface area contributed by atoms with Crippen LogP contribution in [0.3, 0.4) is 0 Å². The first kappa shape index (κ1) is 12.4. The van der Waals surface area contributed by atoms with Crippen molar-refractivity contribution in [3.05, 3.63) is 5.51 Å². The number of amides is 1. The number of halogens is 1. The number of hydrogen-bond donors (Lipinski definition) is 2. The van der Waals surface area contributed by atoms with Gasteiger partial charge in [-0.05, 0) is 0 Å². The number of nitrogens with zero attached hydrogens (tertiary/aromatic N) is 2. The van der Waals surface area contributed by atoms with Crippen molar-refractivity contribution in [1.82, 2.24) is 15.5 Å². The summed E-state index contributed by atoms with van der Waals surface area (Å²) in [6, 6.07) is -0.119. The Bertz CT molecular complexity index is 340. The minimum Gasteiger partial charge on any atom is -0.305 e. The van der Waals surface area contributed by atoms with Gasteiger partial charge in [0.05, 0.1) is 6.04 Å². The summed E-state index contributed by atoms with van der Waals surface area (Å²) < 4.78 is 0. The summed E-state index contributed by atoms with van der Waals surface area (Å²) in [6.45, 7) is 5.00. The molecular formula is C8H13ClN4OS. The number of carbonyl (C=O) groups is 1. The molecule has 2 N–H and O–H groups in total. The fourth-order valence-corrected chi connectivity index (χ4v) is 1.91. The molecule has 1 unspecified atom stereocenters. The van der Waals surface area contributed by atoms with Crippen LogP contribution in [-0.2, 0) is 4.79 Å². The monoisotopic (exact) mass is 248 g/mol. The molecule has 0 aromatic carbocycles. The quantitative estimate of drug-likeness (QED) is 0.816. The molecule has 0 bridgehead atoms. The third kappa shape index (κ3) is 2.45. The molecule has 1 aromatic rings. The second-order valence-electron chi connectivity index (χ2n) is 4.04. The lowest BCUT2D eigenvalue weighted by Crippen LogP contribution is -2.64. The lowest BCUT2D eigenvalue weighted by molar-refractivity contribution is -0.124. The van der Waals surface area contributed by atoms with Crippen LogP contribution in [0.5, 0.6) is 0 Å². The predicted octanol–water partition coefficient (Wildman–Crippen LogP) is 0.896. The van der Waals surface area contributed by atoms with Crippen molar-refractivity contribution < 1.29 is 4.79 Å². The van der Waals surface area contributed by atoms with Crippen LogP contribution in [-0.4, -0.2) is 28.7 Å². The van der Waals surface area contributed by atoms with E-state index in [1.807, 2.05) is 0 Å². The largest absolute Gasteiger partial charge is 0.305 e. The van der Waals surface area contributed by atoms with Crippen molar-refractivity contribution >= 4 is 34.8 Å². The zero-order valence-electron chi connectivity index (χ0n) is 8.48. The third-order valence-corrected chi connectivity index (χ3v) is 3.00. The van der Waals surface area contributed by atoms with Gasteiger partial charge in [0.2, 0.25) is 11.0 Å². The summed E-state index contributed by atoms with van der Waals surface area (Å²) in [4.78, 5) is 11.7. The zero-order chi connectivity index (χ0) is 10.2. The van der Waals surface area contributed by atoms with Crippen LogP contribution in [0.25, 0.3) is 0 Å². The Morgan fingerprint density at radius 3 is 2.87 bits per heavy atom. The van der Waals surface area contributed by atoms with Crippen LogP contribution in [0.4, 0.5) is 5.13 Å². The van der Waals surface area contributed by atoms with E-state index in [1.165, 1.54) is 11.3 Å². The van der Waals surface area contributed by atoms with Crippen LogP contribution in [0.2, 0.25) is 0 Å². The molecule has 1 amide bonds. The van der Waals surface area contributed by atoms with E-state index in [1.54, 1.807) is 5.51 Å². The molecule has 1 aromatic heterocycles. The molecule has 1 fully saturated rings. The normalized spacial score (nSPS) is 22.4. The van der Waals surface area contributed by atoms with Gasteiger partial charge in [-0.15, -0.1) is 22.6 Å². The van der Waals surface area contributed by atoms with Crippen molar-refractivity contribution in [3.8, 4) is 0 Å². The first-order valence-electron chi connectivity index (χ1n) is 4.40. The topological polar surface area (TPSA) is 66.9 Å². The Morgan fingerprint density at radius 2 is 2.47 bits per heavy atom. The molecule has 1 aliphatic heterocycles. The van der Waals surface area contributed by atoms with Gasteiger partial charge in [0.15, 0.2) is 0 Å². The van der Waals surface area contributed by atoms with Crippen LogP contribution in [0, 0.1) is 5.41 Å². The third-order valence-electron chi connectivity index (χ3n) is 2.40. The van der Waals surface area contributed by atoms with Crippen LogP contribution < -0.4 is 10.6 Å². The Labute approximate surface area is 98.1 Å². The van der Waals surface area contributed by atoms with Gasteiger partial charge < -0.3 is 5.32 Å². The second-order valence-corrected chi connectivity index (χ2v) is 4.87. The Kier molecular flexibility index (Phi) is 3.64. The molecule has 1 saturated heterocycles. The average molecular weight is 249 g/mol. The van der Waals surface area contributed by atoms with Crippen molar-refractivity contribution in [1.29, 1.82) is 0 Å². The highest BCUT2D eigenvalue weighted by Crippen LogP contribution is 2.28. The first-order chi connectivity index (χ1) is 6.59. The maximum Gasteiger partial charge on any atom is 0.243 e. The Morgan fingerprint density at radius 1 is 1.73 bits per heavy atom. The summed E-state index contributed by atoms with van der Waals surface area (Å²) in [5.41, 5.74) is 1.63. The fraction of sp³-hybridized carbons (Fsp3) is 0.625. The number of hydrogen-bond acceptors (Lipinski definition) is 5. The highest BCUT2D eigenvalue weighted by Gasteiger charge is 2.43. The molecule has 2 rings (SSSR count). The Hall–Kier alpha value is -0.720. The van der Waals surface area contributed by atoms with Gasteiger partial charge in [-0.25, -0.2) is 0 Å². The smallest absolute Gasteiger partial charge is 0.243 e. The van der Waals surface area contributed by atoms with E-state index in [2.05, 4.69) is 34.7 Å². The van der Waals surface area contributed by atoms with Gasteiger partial charge in [-0.1, -0.05) is 25.2 Å². The lowest BCUT2D eigenvalue weighted by Gasteiger charge is -2.44. The van der Waals surface area contributed by atoms with Crippen molar-refractivity contribution in [2.45, 2.75) is 19.9 Å². The maximum absolute atomic E-state index is 11.7. The maximum atomic E-state index is 11.7. The van der Waals surface area contributed by atoms with E-state index >= 15 is 0 Å². The molecule has 0 saturated carbocycles. The van der Waals surface area contributed by atoms with E-state index in [0.29, 0.717) is 5.13 Å². The predicted molar refractivity (Wildman–Crippen MR) is 61.4 cm³/mol. The summed E-state index contributed by atoms with van der Waals surface area (Å²) in [5, 5.41) is 13.8. The highest BCUT2D eigenvalue weighted by molar-refractivity contribution is 7.13. The molecule has 84 valence electrons. The number of carbonyl (C=O) groups excluding carboxylic acids is 1. The minimum absolute atomic E-state index is 0. The van der Waals surface area contributed by atoms with E-state index in [9.17, 15) is 4.79 Å². The van der Waals surface area contributed by atoms with Crippen LogP contribution in [0.1, 0.15) is 13.8 Å². The molecule has 0 aliphatic carbocycles. The average Bonchev–Trinajstić information content (AvgIpc) is 2.55. The number of rotatable bonds is 2. The van der Waals surface area contributed by atoms with Crippen molar-refractivity contribution in [2.24, 2.45) is 5.41 Å². The first-order valence-corrected chi connectivity index (χ1v) is 5.28. The summed E-state index contributed by atoms with van der Waals surface area (Å²) >= 11 is 1.32. The number of nitrogens with one attached hydrogen (secondary N) is 2. The van der Waals surface area contributed by atoms with Gasteiger partial charge in [0.1, 0.15) is 5.51 Å². The van der Waals surface area contributed by atoms with Gasteiger partial charge in [-0.3, -0.25) is 10.1 Å². The van der Waals surface area contributed by atoms with E-state index < -0.39 is 0 Å². The lowest BCUT2D eigenvalue weighted by atomic mass is 9.77. The summed E-state index contributed by atoms with van der Waals surface area (Å²) in [7, 11) is 0. The molecule has 5 nitrogen and oxygen atoms in total. The van der Waals surface area contributed by atoms with Crippen molar-refractivity contribution in [2.75, 3.05) is 11.9 Å².